The SMILES string of the molecule is CC/C=C\C/C=C\C/C=C\C/C=C\C/C=C\CCCC(=O)OCC(COC(=O)CCCC/C=C\C/C=C\CC)OC(=O)CCCCCCCCCCCCCCCC. The maximum absolute atomic E-state index is 12.7. The zero-order chi connectivity index (χ0) is 42.3. The highest BCUT2D eigenvalue weighted by molar-refractivity contribution is 5.71. The molecule has 1 atom stereocenters. The molecule has 0 heterocycles. The van der Waals surface area contributed by atoms with Crippen LogP contribution < -0.4 is 0 Å². The van der Waals surface area contributed by atoms with E-state index in [9.17, 15) is 14.4 Å². The summed E-state index contributed by atoms with van der Waals surface area (Å²) in [5.74, 6) is -1.01. The molecule has 0 saturated heterocycles. The minimum atomic E-state index is -0.808. The minimum Gasteiger partial charge on any atom is -0.462 e. The predicted molar refractivity (Wildman–Crippen MR) is 247 cm³/mol. The zero-order valence-corrected chi connectivity index (χ0v) is 37.5. The molecule has 330 valence electrons. The van der Waals surface area contributed by atoms with E-state index in [0.717, 1.165) is 89.9 Å². The second-order valence-corrected chi connectivity index (χ2v) is 15.3. The van der Waals surface area contributed by atoms with Gasteiger partial charge in [0.1, 0.15) is 13.2 Å². The van der Waals surface area contributed by atoms with Gasteiger partial charge in [-0.25, -0.2) is 0 Å². The van der Waals surface area contributed by atoms with Gasteiger partial charge in [0, 0.05) is 19.3 Å². The van der Waals surface area contributed by atoms with Crippen molar-refractivity contribution in [1.82, 2.24) is 0 Å². The summed E-state index contributed by atoms with van der Waals surface area (Å²) in [6.45, 7) is 6.30. The molecule has 1 unspecified atom stereocenters. The van der Waals surface area contributed by atoms with E-state index >= 15 is 0 Å². The van der Waals surface area contributed by atoms with Crippen molar-refractivity contribution in [2.75, 3.05) is 13.2 Å². The molecule has 0 N–H and O–H groups in total. The number of esters is 3. The highest BCUT2D eigenvalue weighted by Crippen LogP contribution is 2.14. The van der Waals surface area contributed by atoms with Gasteiger partial charge in [-0.05, 0) is 83.5 Å². The fourth-order valence-corrected chi connectivity index (χ4v) is 6.16. The first-order valence-corrected chi connectivity index (χ1v) is 23.6. The Morgan fingerprint density at radius 2 is 0.690 bits per heavy atom. The molecule has 58 heavy (non-hydrogen) atoms. The van der Waals surface area contributed by atoms with E-state index in [0.29, 0.717) is 19.3 Å². The number of hydrogen-bond donors (Lipinski definition) is 0. The molecule has 0 spiro atoms. The number of hydrogen-bond acceptors (Lipinski definition) is 6. The number of allylic oxidation sites excluding steroid dienone is 14. The zero-order valence-electron chi connectivity index (χ0n) is 37.5. The van der Waals surface area contributed by atoms with Gasteiger partial charge in [-0.2, -0.15) is 0 Å². The highest BCUT2D eigenvalue weighted by Gasteiger charge is 2.19. The van der Waals surface area contributed by atoms with Crippen LogP contribution in [-0.2, 0) is 28.6 Å². The largest absolute Gasteiger partial charge is 0.462 e. The molecule has 0 aliphatic heterocycles. The van der Waals surface area contributed by atoms with Crippen molar-refractivity contribution >= 4 is 17.9 Å². The second-order valence-electron chi connectivity index (χ2n) is 15.3. The average Bonchev–Trinajstić information content (AvgIpc) is 3.22. The van der Waals surface area contributed by atoms with Gasteiger partial charge >= 0.3 is 17.9 Å². The van der Waals surface area contributed by atoms with E-state index in [1.807, 2.05) is 0 Å². The standard InChI is InChI=1S/C52H86O6/c1-4-7-10-13-16-19-21-23-25-26-27-29-30-33-36-39-42-45-51(54)57-48-49(47-56-50(53)44-41-38-35-32-18-15-12-9-6-3)58-52(55)46-43-40-37-34-31-28-24-22-20-17-14-11-8-5-2/h7,9-10,12,16,18-19,23,25,27,29,32-33,36,49H,4-6,8,11,13-15,17,20-22,24,26,28,30-31,34-35,37-48H2,1-3H3/b10-7-,12-9-,19-16-,25-23-,29-27-,32-18-,36-33-. The highest BCUT2D eigenvalue weighted by atomic mass is 16.6. The fraction of sp³-hybridized carbons (Fsp3) is 0.673. The van der Waals surface area contributed by atoms with E-state index in [4.69, 9.17) is 14.2 Å². The van der Waals surface area contributed by atoms with Crippen LogP contribution >= 0.6 is 0 Å². The lowest BCUT2D eigenvalue weighted by Gasteiger charge is -2.18. The van der Waals surface area contributed by atoms with Crippen molar-refractivity contribution in [3.05, 3.63) is 85.1 Å². The average molecular weight is 807 g/mol. The number of unbranched alkanes of at least 4 members (excludes halogenated alkanes) is 16. The Bertz CT molecular complexity index is 1160. The lowest BCUT2D eigenvalue weighted by molar-refractivity contribution is -0.167. The summed E-state index contributed by atoms with van der Waals surface area (Å²) in [5.41, 5.74) is 0. The normalized spacial score (nSPS) is 12.8. The molecule has 0 aromatic heterocycles. The van der Waals surface area contributed by atoms with Crippen LogP contribution in [0.15, 0.2) is 85.1 Å². The quantitative estimate of drug-likeness (QED) is 0.0265. The number of rotatable bonds is 41. The third kappa shape index (κ3) is 43.7. The van der Waals surface area contributed by atoms with Crippen LogP contribution in [0.2, 0.25) is 0 Å². The summed E-state index contributed by atoms with van der Waals surface area (Å²) in [7, 11) is 0. The number of carbonyl (C=O) groups is 3. The molecular weight excluding hydrogens is 721 g/mol. The summed E-state index contributed by atoms with van der Waals surface area (Å²) in [5, 5.41) is 0. The van der Waals surface area contributed by atoms with Crippen molar-refractivity contribution in [3.63, 3.8) is 0 Å². The predicted octanol–water partition coefficient (Wildman–Crippen LogP) is 15.3. The van der Waals surface area contributed by atoms with Crippen molar-refractivity contribution in [1.29, 1.82) is 0 Å². The Hall–Kier alpha value is -3.41. The first kappa shape index (κ1) is 54.6. The number of carbonyl (C=O) groups excluding carboxylic acids is 3. The van der Waals surface area contributed by atoms with Gasteiger partial charge in [0.05, 0.1) is 0 Å². The van der Waals surface area contributed by atoms with Crippen LogP contribution in [0.1, 0.15) is 207 Å². The Kier molecular flexibility index (Phi) is 43.6. The summed E-state index contributed by atoms with van der Waals surface area (Å²) >= 11 is 0. The Morgan fingerprint density at radius 1 is 0.362 bits per heavy atom. The molecule has 0 saturated carbocycles. The molecule has 0 bridgehead atoms. The van der Waals surface area contributed by atoms with E-state index in [1.165, 1.54) is 70.6 Å². The lowest BCUT2D eigenvalue weighted by Crippen LogP contribution is -2.30. The molecule has 6 nitrogen and oxygen atoms in total. The Labute approximate surface area is 356 Å². The molecule has 0 aromatic rings. The van der Waals surface area contributed by atoms with Crippen molar-refractivity contribution in [2.45, 2.75) is 213 Å². The van der Waals surface area contributed by atoms with Gasteiger partial charge in [0.15, 0.2) is 6.10 Å². The van der Waals surface area contributed by atoms with Gasteiger partial charge in [0.2, 0.25) is 0 Å². The molecule has 0 fully saturated rings. The Morgan fingerprint density at radius 3 is 1.12 bits per heavy atom. The first-order chi connectivity index (χ1) is 28.5. The molecular formula is C52H86O6. The molecule has 6 heteroatoms. The van der Waals surface area contributed by atoms with Gasteiger partial charge in [0.25, 0.3) is 0 Å². The third-order valence-electron chi connectivity index (χ3n) is 9.65. The summed E-state index contributed by atoms with van der Waals surface area (Å²) in [6.07, 6.45) is 58.7. The van der Waals surface area contributed by atoms with Gasteiger partial charge in [-0.15, -0.1) is 0 Å². The molecule has 0 rings (SSSR count). The second kappa shape index (κ2) is 46.3. The van der Waals surface area contributed by atoms with Crippen LogP contribution in [0.5, 0.6) is 0 Å². The van der Waals surface area contributed by atoms with Crippen LogP contribution in [0.4, 0.5) is 0 Å². The third-order valence-corrected chi connectivity index (χ3v) is 9.65. The van der Waals surface area contributed by atoms with Crippen LogP contribution in [0, 0.1) is 0 Å². The van der Waals surface area contributed by atoms with E-state index in [2.05, 4.69) is 106 Å². The van der Waals surface area contributed by atoms with Crippen molar-refractivity contribution in [2.24, 2.45) is 0 Å². The smallest absolute Gasteiger partial charge is 0.306 e. The lowest BCUT2D eigenvalue weighted by atomic mass is 10.0. The van der Waals surface area contributed by atoms with Gasteiger partial charge in [-0.3, -0.25) is 14.4 Å². The van der Waals surface area contributed by atoms with Gasteiger partial charge in [-0.1, -0.05) is 189 Å². The molecule has 0 amide bonds. The minimum absolute atomic E-state index is 0.111. The molecule has 0 aromatic carbocycles. The summed E-state index contributed by atoms with van der Waals surface area (Å²) < 4.78 is 16.6. The molecule has 0 aliphatic rings. The van der Waals surface area contributed by atoms with Crippen LogP contribution in [0.25, 0.3) is 0 Å². The Balaban J connectivity index is 4.46. The summed E-state index contributed by atoms with van der Waals surface area (Å²) in [4.78, 5) is 37.7. The maximum atomic E-state index is 12.7. The van der Waals surface area contributed by atoms with E-state index in [1.54, 1.807) is 0 Å². The van der Waals surface area contributed by atoms with Crippen molar-refractivity contribution < 1.29 is 28.6 Å². The van der Waals surface area contributed by atoms with E-state index < -0.39 is 6.10 Å². The monoisotopic (exact) mass is 807 g/mol. The number of ether oxygens (including phenoxy) is 3. The van der Waals surface area contributed by atoms with Gasteiger partial charge < -0.3 is 14.2 Å². The first-order valence-electron chi connectivity index (χ1n) is 23.6. The van der Waals surface area contributed by atoms with Crippen molar-refractivity contribution in [3.8, 4) is 0 Å². The van der Waals surface area contributed by atoms with Crippen LogP contribution in [-0.4, -0.2) is 37.2 Å². The topological polar surface area (TPSA) is 78.9 Å². The van der Waals surface area contributed by atoms with Crippen LogP contribution in [0.3, 0.4) is 0 Å². The van der Waals surface area contributed by atoms with E-state index in [-0.39, 0.29) is 37.5 Å². The molecule has 0 aliphatic carbocycles. The molecule has 0 radical (unpaired) electrons. The fourth-order valence-electron chi connectivity index (χ4n) is 6.16. The summed E-state index contributed by atoms with van der Waals surface area (Å²) in [6, 6.07) is 0. The maximum Gasteiger partial charge on any atom is 0.306 e.